The van der Waals surface area contributed by atoms with Gasteiger partial charge in [-0.25, -0.2) is 9.97 Å². The molecule has 0 saturated carbocycles. The number of carbonyl (C=O) groups is 1. The third-order valence-electron chi connectivity index (χ3n) is 6.20. The molecule has 0 atom stereocenters. The first kappa shape index (κ1) is 24.5. The number of aromatic nitrogens is 4. The summed E-state index contributed by atoms with van der Waals surface area (Å²) in [5, 5.41) is 6.98. The summed E-state index contributed by atoms with van der Waals surface area (Å²) in [6.07, 6.45) is 1.71. The third-order valence-corrected chi connectivity index (χ3v) is 8.24. The first-order chi connectivity index (χ1) is 16.1. The number of alkyl halides is 3. The molecule has 0 aliphatic carbocycles. The molecule has 34 heavy (non-hydrogen) atoms. The molecule has 0 unspecified atom stereocenters. The van der Waals surface area contributed by atoms with E-state index < -0.39 is 21.9 Å². The van der Waals surface area contributed by atoms with E-state index in [-0.39, 0.29) is 42.3 Å². The Morgan fingerprint density at radius 2 is 1.68 bits per heavy atom. The molecule has 0 spiro atoms. The van der Waals surface area contributed by atoms with Gasteiger partial charge in [-0.3, -0.25) is 4.68 Å². The summed E-state index contributed by atoms with van der Waals surface area (Å²) >= 11 is 0. The zero-order chi connectivity index (χ0) is 24.5. The van der Waals surface area contributed by atoms with Crippen LogP contribution in [0.4, 0.5) is 19.1 Å². The lowest BCUT2D eigenvalue weighted by Gasteiger charge is -2.37. The monoisotopic (exact) mass is 501 g/mol. The first-order valence-corrected chi connectivity index (χ1v) is 12.4. The summed E-state index contributed by atoms with van der Waals surface area (Å²) in [6, 6.07) is -0.189. The maximum atomic E-state index is 13.5. The fourth-order valence-corrected chi connectivity index (χ4v) is 5.91. The Morgan fingerprint density at radius 3 is 2.21 bits per heavy atom. The van der Waals surface area contributed by atoms with E-state index in [4.69, 9.17) is 0 Å². The molecule has 2 aromatic heterocycles. The molecule has 186 valence electrons. The molecule has 0 amide bonds. The van der Waals surface area contributed by atoms with Crippen LogP contribution in [-0.4, -0.2) is 75.3 Å². The minimum absolute atomic E-state index is 0.0455. The number of hydrogen-bond donors (Lipinski definition) is 1. The van der Waals surface area contributed by atoms with Crippen LogP contribution in [-0.2, 0) is 28.2 Å². The fourth-order valence-electron chi connectivity index (χ4n) is 4.24. The number of aryl methyl sites for hydroxylation is 1. The second kappa shape index (κ2) is 9.58. The maximum Gasteiger partial charge on any atom is 0.419 e. The first-order valence-electron chi connectivity index (χ1n) is 11.0. The van der Waals surface area contributed by atoms with Gasteiger partial charge >= 0.3 is 6.18 Å². The summed E-state index contributed by atoms with van der Waals surface area (Å²) in [7, 11) is -2.02. The van der Waals surface area contributed by atoms with E-state index in [0.29, 0.717) is 38.8 Å². The van der Waals surface area contributed by atoms with Gasteiger partial charge in [0.1, 0.15) is 11.8 Å². The van der Waals surface area contributed by atoms with Crippen LogP contribution in [0.2, 0.25) is 0 Å². The van der Waals surface area contributed by atoms with Crippen molar-refractivity contribution in [3.8, 4) is 11.3 Å². The van der Waals surface area contributed by atoms with Crippen molar-refractivity contribution in [2.45, 2.75) is 37.9 Å². The van der Waals surface area contributed by atoms with Crippen LogP contribution < -0.4 is 5.32 Å². The van der Waals surface area contributed by atoms with E-state index in [1.54, 1.807) is 7.05 Å². The second-order valence-corrected chi connectivity index (χ2v) is 10.5. The number of halogens is 3. The Kier molecular flexibility index (Phi) is 6.92. The molecule has 0 radical (unpaired) electrons. The normalized spacial score (nSPS) is 19.9. The van der Waals surface area contributed by atoms with Crippen molar-refractivity contribution in [1.82, 2.24) is 28.4 Å². The van der Waals surface area contributed by atoms with Crippen molar-refractivity contribution in [3.05, 3.63) is 24.2 Å². The van der Waals surface area contributed by atoms with Gasteiger partial charge in [0, 0.05) is 63.1 Å². The smallest absolute Gasteiger partial charge is 0.351 e. The van der Waals surface area contributed by atoms with Crippen molar-refractivity contribution in [2.24, 2.45) is 13.0 Å². The Balaban J connectivity index is 1.42. The van der Waals surface area contributed by atoms with E-state index in [0.717, 1.165) is 12.5 Å². The van der Waals surface area contributed by atoms with Crippen LogP contribution in [0.1, 0.15) is 31.2 Å². The van der Waals surface area contributed by atoms with Crippen LogP contribution in [0.25, 0.3) is 11.3 Å². The molecule has 0 aromatic carbocycles. The topological polar surface area (TPSA) is 113 Å². The number of carbonyl (C=O) groups excluding carboxylic acids is 1. The average Bonchev–Trinajstić information content (AvgIpc) is 3.25. The largest absolute Gasteiger partial charge is 0.419 e. The molecule has 4 heterocycles. The number of piperidine rings is 2. The molecular weight excluding hydrogens is 475 g/mol. The molecule has 2 saturated heterocycles. The number of anilines is 1. The molecule has 4 rings (SSSR count). The second-order valence-electron chi connectivity index (χ2n) is 8.55. The number of rotatable bonds is 6. The quantitative estimate of drug-likeness (QED) is 0.602. The van der Waals surface area contributed by atoms with Gasteiger partial charge in [0.2, 0.25) is 5.95 Å². The van der Waals surface area contributed by atoms with Crippen molar-refractivity contribution in [3.63, 3.8) is 0 Å². The van der Waals surface area contributed by atoms with Gasteiger partial charge in [0.25, 0.3) is 10.2 Å². The van der Waals surface area contributed by atoms with E-state index in [1.165, 1.54) is 25.7 Å². The zero-order valence-electron chi connectivity index (χ0n) is 18.6. The average molecular weight is 502 g/mol. The van der Waals surface area contributed by atoms with E-state index in [9.17, 15) is 26.4 Å². The number of nitrogens with zero attached hydrogens (tertiary/aromatic N) is 6. The molecule has 1 N–H and O–H groups in total. The van der Waals surface area contributed by atoms with Gasteiger partial charge in [-0.1, -0.05) is 0 Å². The Hall–Kier alpha value is -2.58. The van der Waals surface area contributed by atoms with Gasteiger partial charge in [-0.05, 0) is 25.7 Å². The van der Waals surface area contributed by atoms with Crippen LogP contribution in [0.5, 0.6) is 0 Å². The highest BCUT2D eigenvalue weighted by Gasteiger charge is 2.37. The molecule has 2 aliphatic heterocycles. The lowest BCUT2D eigenvalue weighted by Crippen LogP contribution is -2.51. The maximum absolute atomic E-state index is 13.5. The van der Waals surface area contributed by atoms with Gasteiger partial charge in [-0.2, -0.15) is 35.3 Å². The van der Waals surface area contributed by atoms with E-state index in [1.807, 2.05) is 0 Å². The molecule has 2 aliphatic rings. The minimum atomic E-state index is -4.62. The van der Waals surface area contributed by atoms with Crippen LogP contribution in [0.3, 0.4) is 0 Å². The van der Waals surface area contributed by atoms with Gasteiger partial charge in [0.15, 0.2) is 0 Å². The lowest BCUT2D eigenvalue weighted by atomic mass is 10.0. The van der Waals surface area contributed by atoms with Gasteiger partial charge in [0.05, 0.1) is 11.9 Å². The minimum Gasteiger partial charge on any atom is -0.351 e. The summed E-state index contributed by atoms with van der Waals surface area (Å²) in [5.41, 5.74) is -0.998. The van der Waals surface area contributed by atoms with Crippen molar-refractivity contribution < 1.29 is 26.4 Å². The highest BCUT2D eigenvalue weighted by atomic mass is 32.2. The standard InChI is InChI=1S/C20H26F3N7O3S/c1-28-12-15(10-25-28)18-17(20(21,22)23)11-24-19(27-18)26-16-4-8-30(9-5-16)34(32,33)29-6-2-14(13-31)3-7-29/h10-14,16H,2-9H2,1H3,(H,24,26,27). The lowest BCUT2D eigenvalue weighted by molar-refractivity contribution is -0.137. The third kappa shape index (κ3) is 5.23. The van der Waals surface area contributed by atoms with E-state index in [2.05, 4.69) is 20.4 Å². The molecule has 14 heteroatoms. The van der Waals surface area contributed by atoms with Crippen molar-refractivity contribution >= 4 is 22.4 Å². The molecule has 0 bridgehead atoms. The van der Waals surface area contributed by atoms with Crippen LogP contribution in [0.15, 0.2) is 18.6 Å². The molecule has 2 fully saturated rings. The summed E-state index contributed by atoms with van der Waals surface area (Å²) < 4.78 is 70.5. The van der Waals surface area contributed by atoms with Crippen molar-refractivity contribution in [2.75, 3.05) is 31.5 Å². The predicted octanol–water partition coefficient (Wildman–Crippen LogP) is 1.93. The molecule has 2 aromatic rings. The van der Waals surface area contributed by atoms with Gasteiger partial charge in [-0.15, -0.1) is 0 Å². The Morgan fingerprint density at radius 1 is 1.06 bits per heavy atom. The fraction of sp³-hybridized carbons (Fsp3) is 0.600. The van der Waals surface area contributed by atoms with Crippen LogP contribution in [0, 0.1) is 5.92 Å². The molecule has 10 nitrogen and oxygen atoms in total. The highest BCUT2D eigenvalue weighted by molar-refractivity contribution is 7.86. The number of aldehydes is 1. The van der Waals surface area contributed by atoms with E-state index >= 15 is 0 Å². The zero-order valence-corrected chi connectivity index (χ0v) is 19.4. The predicted molar refractivity (Wildman–Crippen MR) is 117 cm³/mol. The Bertz CT molecular complexity index is 1120. The number of hydrogen-bond acceptors (Lipinski definition) is 7. The SMILES string of the molecule is Cn1cc(-c2nc(NC3CCN(S(=O)(=O)N4CCC(C=O)CC4)CC3)ncc2C(F)(F)F)cn1. The molecular formula is C20H26F3N7O3S. The summed E-state index contributed by atoms with van der Waals surface area (Å²) in [4.78, 5) is 18.9. The summed E-state index contributed by atoms with van der Waals surface area (Å²) in [6.45, 7) is 1.17. The van der Waals surface area contributed by atoms with Crippen LogP contribution >= 0.6 is 0 Å². The van der Waals surface area contributed by atoms with Gasteiger partial charge < -0.3 is 10.1 Å². The Labute approximate surface area is 195 Å². The summed E-state index contributed by atoms with van der Waals surface area (Å²) in [5.74, 6) is -0.0502. The van der Waals surface area contributed by atoms with Crippen molar-refractivity contribution in [1.29, 1.82) is 0 Å². The highest BCUT2D eigenvalue weighted by Crippen LogP contribution is 2.36. The number of nitrogens with one attached hydrogen (secondary N) is 1.